The highest BCUT2D eigenvalue weighted by atomic mass is 16.5. The number of aliphatic hydroxyl groups excluding tert-OH is 1. The maximum Gasteiger partial charge on any atom is 0.161 e. The van der Waals surface area contributed by atoms with Crippen molar-refractivity contribution in [3.63, 3.8) is 0 Å². The molecule has 1 unspecified atom stereocenters. The van der Waals surface area contributed by atoms with Gasteiger partial charge in [0.15, 0.2) is 11.5 Å². The molecule has 0 heterocycles. The summed E-state index contributed by atoms with van der Waals surface area (Å²) in [6.07, 6.45) is 0.556. The standard InChI is InChI=1S/C16H27NO3/c1-6-9-17(12(2)3)11-14(18)13-7-8-15(19-4)16(10-13)20-5/h7-8,10,12,14,18H,6,9,11H2,1-5H3. The highest BCUT2D eigenvalue weighted by Gasteiger charge is 2.17. The van der Waals surface area contributed by atoms with Crippen molar-refractivity contribution < 1.29 is 14.6 Å². The predicted molar refractivity (Wildman–Crippen MR) is 81.5 cm³/mol. The summed E-state index contributed by atoms with van der Waals surface area (Å²) in [6.45, 7) is 8.06. The molecule has 114 valence electrons. The summed E-state index contributed by atoms with van der Waals surface area (Å²) in [7, 11) is 3.21. The fourth-order valence-corrected chi connectivity index (χ4v) is 2.24. The fourth-order valence-electron chi connectivity index (χ4n) is 2.24. The molecule has 1 N–H and O–H groups in total. The van der Waals surface area contributed by atoms with E-state index < -0.39 is 6.10 Å². The van der Waals surface area contributed by atoms with E-state index in [2.05, 4.69) is 25.7 Å². The Morgan fingerprint density at radius 3 is 2.30 bits per heavy atom. The van der Waals surface area contributed by atoms with Crippen LogP contribution in [0.1, 0.15) is 38.9 Å². The first kappa shape index (κ1) is 16.8. The van der Waals surface area contributed by atoms with Crippen molar-refractivity contribution in [2.24, 2.45) is 0 Å². The molecule has 0 saturated carbocycles. The Morgan fingerprint density at radius 1 is 1.15 bits per heavy atom. The van der Waals surface area contributed by atoms with Crippen LogP contribution in [0.4, 0.5) is 0 Å². The average molecular weight is 281 g/mol. The van der Waals surface area contributed by atoms with Gasteiger partial charge in [-0.05, 0) is 44.5 Å². The number of aliphatic hydroxyl groups is 1. The van der Waals surface area contributed by atoms with Gasteiger partial charge in [0, 0.05) is 12.6 Å². The second-order valence-corrected chi connectivity index (χ2v) is 5.22. The quantitative estimate of drug-likeness (QED) is 0.795. The molecular weight excluding hydrogens is 254 g/mol. The number of benzene rings is 1. The molecule has 0 amide bonds. The summed E-state index contributed by atoms with van der Waals surface area (Å²) in [4.78, 5) is 2.28. The largest absolute Gasteiger partial charge is 0.493 e. The van der Waals surface area contributed by atoms with E-state index in [1.165, 1.54) is 0 Å². The highest BCUT2D eigenvalue weighted by Crippen LogP contribution is 2.30. The third-order valence-electron chi connectivity index (χ3n) is 3.44. The minimum Gasteiger partial charge on any atom is -0.493 e. The Balaban J connectivity index is 2.83. The molecule has 0 aliphatic rings. The molecule has 0 aromatic heterocycles. The zero-order valence-electron chi connectivity index (χ0n) is 13.2. The number of rotatable bonds is 8. The number of methoxy groups -OCH3 is 2. The molecule has 0 bridgehead atoms. The van der Waals surface area contributed by atoms with Crippen LogP contribution >= 0.6 is 0 Å². The summed E-state index contributed by atoms with van der Waals surface area (Å²) >= 11 is 0. The van der Waals surface area contributed by atoms with Crippen molar-refractivity contribution in [1.29, 1.82) is 0 Å². The van der Waals surface area contributed by atoms with Gasteiger partial charge in [-0.1, -0.05) is 13.0 Å². The van der Waals surface area contributed by atoms with Crippen LogP contribution in [0.15, 0.2) is 18.2 Å². The first-order valence-corrected chi connectivity index (χ1v) is 7.17. The van der Waals surface area contributed by atoms with Crippen LogP contribution < -0.4 is 9.47 Å². The van der Waals surface area contributed by atoms with Crippen LogP contribution in [0.3, 0.4) is 0 Å². The molecule has 1 aromatic rings. The zero-order valence-corrected chi connectivity index (χ0v) is 13.2. The summed E-state index contributed by atoms with van der Waals surface area (Å²) in [5, 5.41) is 10.4. The molecule has 1 atom stereocenters. The Labute approximate surface area is 122 Å². The van der Waals surface area contributed by atoms with Gasteiger partial charge < -0.3 is 14.6 Å². The molecule has 4 heteroatoms. The van der Waals surface area contributed by atoms with Crippen molar-refractivity contribution >= 4 is 0 Å². The first-order valence-electron chi connectivity index (χ1n) is 7.17. The van der Waals surface area contributed by atoms with Crippen molar-refractivity contribution in [3.8, 4) is 11.5 Å². The van der Waals surface area contributed by atoms with Gasteiger partial charge in [-0.3, -0.25) is 4.90 Å². The third kappa shape index (κ3) is 4.39. The van der Waals surface area contributed by atoms with E-state index in [0.29, 0.717) is 24.1 Å². The molecular formula is C16H27NO3. The lowest BCUT2D eigenvalue weighted by Crippen LogP contribution is -2.35. The Hall–Kier alpha value is -1.26. The third-order valence-corrected chi connectivity index (χ3v) is 3.44. The second kappa shape index (κ2) is 8.12. The van der Waals surface area contributed by atoms with Crippen LogP contribution in [-0.4, -0.2) is 43.4 Å². The van der Waals surface area contributed by atoms with Crippen LogP contribution in [0.5, 0.6) is 11.5 Å². The summed E-state index contributed by atoms with van der Waals surface area (Å²) in [5.74, 6) is 1.33. The van der Waals surface area contributed by atoms with Gasteiger partial charge >= 0.3 is 0 Å². The summed E-state index contributed by atoms with van der Waals surface area (Å²) in [6, 6.07) is 5.98. The molecule has 0 fully saturated rings. The molecule has 0 spiro atoms. The summed E-state index contributed by atoms with van der Waals surface area (Å²) < 4.78 is 10.5. The van der Waals surface area contributed by atoms with Crippen molar-refractivity contribution in [2.45, 2.75) is 39.3 Å². The lowest BCUT2D eigenvalue weighted by molar-refractivity contribution is 0.0953. The van der Waals surface area contributed by atoms with E-state index >= 15 is 0 Å². The van der Waals surface area contributed by atoms with Crippen LogP contribution in [0, 0.1) is 0 Å². The smallest absolute Gasteiger partial charge is 0.161 e. The maximum absolute atomic E-state index is 10.4. The molecule has 4 nitrogen and oxygen atoms in total. The van der Waals surface area contributed by atoms with Crippen LogP contribution in [-0.2, 0) is 0 Å². The van der Waals surface area contributed by atoms with Gasteiger partial charge in [-0.2, -0.15) is 0 Å². The lowest BCUT2D eigenvalue weighted by atomic mass is 10.1. The van der Waals surface area contributed by atoms with Gasteiger partial charge in [-0.15, -0.1) is 0 Å². The van der Waals surface area contributed by atoms with E-state index in [0.717, 1.165) is 18.5 Å². The SMILES string of the molecule is CCCN(CC(O)c1ccc(OC)c(OC)c1)C(C)C. The van der Waals surface area contributed by atoms with Crippen LogP contribution in [0.25, 0.3) is 0 Å². The first-order chi connectivity index (χ1) is 9.53. The van der Waals surface area contributed by atoms with E-state index in [4.69, 9.17) is 9.47 Å². The number of hydrogen-bond acceptors (Lipinski definition) is 4. The number of nitrogens with zero attached hydrogens (tertiary/aromatic N) is 1. The normalized spacial score (nSPS) is 12.8. The Morgan fingerprint density at radius 2 is 1.80 bits per heavy atom. The molecule has 1 rings (SSSR count). The minimum absolute atomic E-state index is 0.421. The topological polar surface area (TPSA) is 41.9 Å². The van der Waals surface area contributed by atoms with Gasteiger partial charge in [0.2, 0.25) is 0 Å². The number of ether oxygens (including phenoxy) is 2. The van der Waals surface area contributed by atoms with E-state index in [9.17, 15) is 5.11 Å². The molecule has 20 heavy (non-hydrogen) atoms. The van der Waals surface area contributed by atoms with Crippen molar-refractivity contribution in [3.05, 3.63) is 23.8 Å². The Bertz CT molecular complexity index is 407. The maximum atomic E-state index is 10.4. The molecule has 1 aromatic carbocycles. The molecule has 0 radical (unpaired) electrons. The number of hydrogen-bond donors (Lipinski definition) is 1. The van der Waals surface area contributed by atoms with Crippen LogP contribution in [0.2, 0.25) is 0 Å². The Kier molecular flexibility index (Phi) is 6.82. The van der Waals surface area contributed by atoms with E-state index in [1.807, 2.05) is 18.2 Å². The highest BCUT2D eigenvalue weighted by molar-refractivity contribution is 5.43. The summed E-state index contributed by atoms with van der Waals surface area (Å²) in [5.41, 5.74) is 0.851. The van der Waals surface area contributed by atoms with Gasteiger partial charge in [0.05, 0.1) is 20.3 Å². The minimum atomic E-state index is -0.524. The van der Waals surface area contributed by atoms with Gasteiger partial charge in [-0.25, -0.2) is 0 Å². The zero-order chi connectivity index (χ0) is 15.1. The monoisotopic (exact) mass is 281 g/mol. The fraction of sp³-hybridized carbons (Fsp3) is 0.625. The second-order valence-electron chi connectivity index (χ2n) is 5.22. The van der Waals surface area contributed by atoms with Crippen molar-refractivity contribution in [1.82, 2.24) is 4.90 Å². The molecule has 0 aliphatic heterocycles. The average Bonchev–Trinajstić information content (AvgIpc) is 2.45. The van der Waals surface area contributed by atoms with E-state index in [-0.39, 0.29) is 0 Å². The van der Waals surface area contributed by atoms with Gasteiger partial charge in [0.25, 0.3) is 0 Å². The van der Waals surface area contributed by atoms with E-state index in [1.54, 1.807) is 14.2 Å². The van der Waals surface area contributed by atoms with Crippen molar-refractivity contribution in [2.75, 3.05) is 27.3 Å². The predicted octanol–water partition coefficient (Wildman–Crippen LogP) is 2.86. The lowest BCUT2D eigenvalue weighted by Gasteiger charge is -2.28. The molecule has 0 saturated heterocycles. The van der Waals surface area contributed by atoms with Gasteiger partial charge in [0.1, 0.15) is 0 Å². The molecule has 0 aliphatic carbocycles.